The van der Waals surface area contributed by atoms with Gasteiger partial charge in [-0.2, -0.15) is 26.3 Å². The average molecular weight is 299 g/mol. The van der Waals surface area contributed by atoms with Crippen LogP contribution in [0.3, 0.4) is 0 Å². The molecule has 110 valence electrons. The molecule has 1 saturated heterocycles. The number of ether oxygens (including phenoxy) is 1. The van der Waals surface area contributed by atoms with Gasteiger partial charge in [0, 0.05) is 0 Å². The zero-order valence-corrected chi connectivity index (χ0v) is 9.60. The summed E-state index contributed by atoms with van der Waals surface area (Å²) in [6.45, 7) is -0.322. The first-order chi connectivity index (χ1) is 9.07. The van der Waals surface area contributed by atoms with Crippen molar-refractivity contribution in [2.24, 2.45) is 0 Å². The molecular weight excluding hydrogens is 292 g/mol. The summed E-state index contributed by atoms with van der Waals surface area (Å²) in [5.41, 5.74) is -3.16. The van der Waals surface area contributed by atoms with Crippen molar-refractivity contribution in [2.45, 2.75) is 18.4 Å². The number of carbonyl (C=O) groups excluding carboxylic acids is 1. The first kappa shape index (κ1) is 14.5. The quantitative estimate of drug-likeness (QED) is 0.806. The van der Waals surface area contributed by atoms with Crippen LogP contribution in [0.5, 0.6) is 0 Å². The predicted molar refractivity (Wildman–Crippen MR) is 53.7 cm³/mol. The lowest BCUT2D eigenvalue weighted by atomic mass is 10.0. The van der Waals surface area contributed by atoms with Crippen molar-refractivity contribution in [3.63, 3.8) is 0 Å². The molecule has 1 aliphatic rings. The zero-order chi connectivity index (χ0) is 15.1. The number of halogens is 6. The molecule has 9 heteroatoms. The highest BCUT2D eigenvalue weighted by Crippen LogP contribution is 2.37. The van der Waals surface area contributed by atoms with E-state index in [0.29, 0.717) is 12.1 Å². The molecule has 1 N–H and O–H groups in total. The van der Waals surface area contributed by atoms with E-state index in [-0.39, 0.29) is 18.2 Å². The van der Waals surface area contributed by atoms with Crippen LogP contribution in [-0.2, 0) is 17.1 Å². The van der Waals surface area contributed by atoms with E-state index in [1.54, 1.807) is 0 Å². The highest BCUT2D eigenvalue weighted by Gasteiger charge is 2.38. The smallest absolute Gasteiger partial charge is 0.416 e. The fourth-order valence-electron chi connectivity index (χ4n) is 1.74. The summed E-state index contributed by atoms with van der Waals surface area (Å²) in [5, 5.41) is 2.13. The monoisotopic (exact) mass is 299 g/mol. The number of carbonyl (C=O) groups is 1. The zero-order valence-electron chi connectivity index (χ0n) is 9.60. The molecule has 20 heavy (non-hydrogen) atoms. The molecule has 1 aliphatic heterocycles. The van der Waals surface area contributed by atoms with E-state index in [0.717, 1.165) is 0 Å². The summed E-state index contributed by atoms with van der Waals surface area (Å²) in [7, 11) is 0. The molecule has 1 heterocycles. The molecule has 3 nitrogen and oxygen atoms in total. The maximum atomic E-state index is 12.6. The van der Waals surface area contributed by atoms with Gasteiger partial charge in [-0.15, -0.1) is 0 Å². The average Bonchev–Trinajstić information content (AvgIpc) is 2.73. The minimum absolute atomic E-state index is 0.0289. The second-order valence-electron chi connectivity index (χ2n) is 4.13. The number of alkyl halides is 6. The third kappa shape index (κ3) is 2.97. The van der Waals surface area contributed by atoms with Crippen molar-refractivity contribution in [1.29, 1.82) is 0 Å². The van der Waals surface area contributed by atoms with Crippen LogP contribution in [0.1, 0.15) is 22.7 Å². The summed E-state index contributed by atoms with van der Waals surface area (Å²) in [6, 6.07) is 0.121. The van der Waals surface area contributed by atoms with Gasteiger partial charge in [0.25, 0.3) is 0 Å². The second-order valence-corrected chi connectivity index (χ2v) is 4.13. The number of alkyl carbamates (subject to hydrolysis) is 1. The molecule has 0 radical (unpaired) electrons. The molecule has 0 aromatic heterocycles. The predicted octanol–water partition coefficient (Wildman–Crippen LogP) is 3.51. The van der Waals surface area contributed by atoms with Crippen molar-refractivity contribution < 1.29 is 35.9 Å². The molecule has 2 rings (SSSR count). The Labute approximate surface area is 108 Å². The van der Waals surface area contributed by atoms with E-state index in [2.05, 4.69) is 10.1 Å². The molecule has 0 unspecified atom stereocenters. The van der Waals surface area contributed by atoms with Crippen molar-refractivity contribution in [3.05, 3.63) is 34.9 Å². The van der Waals surface area contributed by atoms with E-state index in [4.69, 9.17) is 0 Å². The Bertz CT molecular complexity index is 504. The molecule has 0 spiro atoms. The summed E-state index contributed by atoms with van der Waals surface area (Å²) in [5.74, 6) is 0. The van der Waals surface area contributed by atoms with Gasteiger partial charge in [0.1, 0.15) is 6.61 Å². The lowest BCUT2D eigenvalue weighted by molar-refractivity contribution is -0.143. The van der Waals surface area contributed by atoms with Gasteiger partial charge in [-0.1, -0.05) is 0 Å². The molecule has 0 bridgehead atoms. The Morgan fingerprint density at radius 3 is 1.85 bits per heavy atom. The fraction of sp³-hybridized carbons (Fsp3) is 0.364. The molecule has 1 aromatic rings. The molecule has 1 aromatic carbocycles. The number of nitrogens with one attached hydrogen (secondary N) is 1. The van der Waals surface area contributed by atoms with E-state index < -0.39 is 35.6 Å². The number of benzene rings is 1. The number of rotatable bonds is 1. The van der Waals surface area contributed by atoms with Crippen molar-refractivity contribution in [1.82, 2.24) is 5.32 Å². The third-order valence-corrected chi connectivity index (χ3v) is 2.69. The number of cyclic esters (lactones) is 1. The maximum absolute atomic E-state index is 12.6. The van der Waals surface area contributed by atoms with Crippen LogP contribution < -0.4 is 5.32 Å². The molecule has 1 amide bonds. The molecule has 0 saturated carbocycles. The van der Waals surface area contributed by atoms with Crippen molar-refractivity contribution in [2.75, 3.05) is 6.61 Å². The standard InChI is InChI=1S/C11H7F6NO2/c12-10(13,14)6-1-5(8-4-20-9(19)18-8)2-7(3-6)11(15,16)17/h1-3,8H,4H2,(H,18,19)/t8-/m1/s1. The highest BCUT2D eigenvalue weighted by atomic mass is 19.4. The van der Waals surface area contributed by atoms with Gasteiger partial charge in [-0.25, -0.2) is 4.79 Å². The Balaban J connectivity index is 2.49. The van der Waals surface area contributed by atoms with Crippen LogP contribution in [0.25, 0.3) is 0 Å². The highest BCUT2D eigenvalue weighted by molar-refractivity contribution is 5.70. The lowest BCUT2D eigenvalue weighted by Gasteiger charge is -2.16. The summed E-state index contributed by atoms with van der Waals surface area (Å²) in [4.78, 5) is 10.8. The second kappa shape index (κ2) is 4.57. The van der Waals surface area contributed by atoms with Gasteiger partial charge in [0.05, 0.1) is 17.2 Å². The molecule has 1 fully saturated rings. The Kier molecular flexibility index (Phi) is 3.31. The normalized spacial score (nSPS) is 19.7. The lowest BCUT2D eigenvalue weighted by Crippen LogP contribution is -2.20. The van der Waals surface area contributed by atoms with Gasteiger partial charge in [-0.05, 0) is 23.8 Å². The van der Waals surface area contributed by atoms with Crippen LogP contribution in [-0.4, -0.2) is 12.7 Å². The largest absolute Gasteiger partial charge is 0.447 e. The van der Waals surface area contributed by atoms with E-state index >= 15 is 0 Å². The van der Waals surface area contributed by atoms with Gasteiger partial charge >= 0.3 is 18.4 Å². The number of hydrogen-bond donors (Lipinski definition) is 1. The van der Waals surface area contributed by atoms with Crippen molar-refractivity contribution in [3.8, 4) is 0 Å². The SMILES string of the molecule is O=C1N[C@@H](c2cc(C(F)(F)F)cc(C(F)(F)F)c2)CO1. The maximum Gasteiger partial charge on any atom is 0.416 e. The van der Waals surface area contributed by atoms with Crippen LogP contribution in [0.2, 0.25) is 0 Å². The minimum atomic E-state index is -4.92. The van der Waals surface area contributed by atoms with Gasteiger partial charge < -0.3 is 10.1 Å². The first-order valence-electron chi connectivity index (χ1n) is 5.30. The van der Waals surface area contributed by atoms with Crippen molar-refractivity contribution >= 4 is 6.09 Å². The summed E-state index contributed by atoms with van der Waals surface area (Å²) < 4.78 is 80.1. The van der Waals surface area contributed by atoms with Gasteiger partial charge in [0.2, 0.25) is 0 Å². The number of amides is 1. The Hall–Kier alpha value is -1.93. The molecule has 0 aliphatic carbocycles. The van der Waals surface area contributed by atoms with Crippen LogP contribution >= 0.6 is 0 Å². The topological polar surface area (TPSA) is 38.3 Å². The fourth-order valence-corrected chi connectivity index (χ4v) is 1.74. The number of hydrogen-bond acceptors (Lipinski definition) is 2. The summed E-state index contributed by atoms with van der Waals surface area (Å²) >= 11 is 0. The van der Waals surface area contributed by atoms with Crippen LogP contribution in [0, 0.1) is 0 Å². The van der Waals surface area contributed by atoms with E-state index in [9.17, 15) is 31.1 Å². The van der Waals surface area contributed by atoms with Crippen LogP contribution in [0.4, 0.5) is 31.1 Å². The van der Waals surface area contributed by atoms with Gasteiger partial charge in [0.15, 0.2) is 0 Å². The molecule has 1 atom stereocenters. The summed E-state index contributed by atoms with van der Waals surface area (Å²) in [6.07, 6.45) is -10.7. The third-order valence-electron chi connectivity index (χ3n) is 2.69. The Morgan fingerprint density at radius 1 is 1.00 bits per heavy atom. The minimum Gasteiger partial charge on any atom is -0.447 e. The Morgan fingerprint density at radius 2 is 1.50 bits per heavy atom. The van der Waals surface area contributed by atoms with Gasteiger partial charge in [-0.3, -0.25) is 0 Å². The van der Waals surface area contributed by atoms with Crippen LogP contribution in [0.15, 0.2) is 18.2 Å². The first-order valence-corrected chi connectivity index (χ1v) is 5.30. The molecular formula is C11H7F6NO2. The van der Waals surface area contributed by atoms with E-state index in [1.165, 1.54) is 0 Å². The van der Waals surface area contributed by atoms with E-state index in [1.807, 2.05) is 0 Å².